The van der Waals surface area contributed by atoms with Crippen LogP contribution in [0, 0.1) is 5.92 Å². The van der Waals surface area contributed by atoms with E-state index in [2.05, 4.69) is 4.98 Å². The molecule has 0 radical (unpaired) electrons. The van der Waals surface area contributed by atoms with Gasteiger partial charge in [0.2, 0.25) is 0 Å². The molecule has 0 aliphatic carbocycles. The molecule has 2 atom stereocenters. The van der Waals surface area contributed by atoms with E-state index in [1.165, 1.54) is 0 Å². The lowest BCUT2D eigenvalue weighted by Gasteiger charge is -2.34. The molecule has 2 aromatic rings. The molecule has 1 aliphatic rings. The van der Waals surface area contributed by atoms with E-state index in [1.807, 2.05) is 37.4 Å². The minimum absolute atomic E-state index is 0.0103. The van der Waals surface area contributed by atoms with Crippen molar-refractivity contribution in [2.24, 2.45) is 5.92 Å². The van der Waals surface area contributed by atoms with Crippen LogP contribution in [0.3, 0.4) is 0 Å². The zero-order valence-electron chi connectivity index (χ0n) is 11.0. The van der Waals surface area contributed by atoms with Gasteiger partial charge in [-0.2, -0.15) is 0 Å². The number of likely N-dealkylation sites (tertiary alicyclic amines) is 1. The van der Waals surface area contributed by atoms with Crippen LogP contribution in [0.2, 0.25) is 0 Å². The first-order chi connectivity index (χ1) is 9.16. The van der Waals surface area contributed by atoms with Crippen molar-refractivity contribution in [2.75, 3.05) is 13.1 Å². The fourth-order valence-corrected chi connectivity index (χ4v) is 2.68. The van der Waals surface area contributed by atoms with Gasteiger partial charge in [0.1, 0.15) is 0 Å². The third-order valence-electron chi connectivity index (χ3n) is 4.03. The number of carbonyl (C=O) groups excluding carboxylic acids is 1. The van der Waals surface area contributed by atoms with Crippen LogP contribution in [0.15, 0.2) is 30.5 Å². The smallest absolute Gasteiger partial charge is 0.254 e. The lowest BCUT2D eigenvalue weighted by atomic mass is 9.95. The van der Waals surface area contributed by atoms with Crippen molar-refractivity contribution in [1.82, 2.24) is 9.88 Å². The number of aliphatic hydroxyl groups is 1. The molecule has 0 saturated carbocycles. The summed E-state index contributed by atoms with van der Waals surface area (Å²) in [4.78, 5) is 17.4. The van der Waals surface area contributed by atoms with Crippen molar-refractivity contribution in [3.63, 3.8) is 0 Å². The SMILES string of the molecule is CC1CCN(C(=O)c2cccc3[nH]ccc23)CC1O. The van der Waals surface area contributed by atoms with Gasteiger partial charge in [-0.05, 0) is 30.5 Å². The summed E-state index contributed by atoms with van der Waals surface area (Å²) in [6, 6.07) is 7.61. The van der Waals surface area contributed by atoms with Crippen LogP contribution in [-0.2, 0) is 0 Å². The molecule has 1 fully saturated rings. The minimum atomic E-state index is -0.414. The van der Waals surface area contributed by atoms with Crippen LogP contribution in [0.1, 0.15) is 23.7 Å². The zero-order valence-corrected chi connectivity index (χ0v) is 11.0. The van der Waals surface area contributed by atoms with E-state index in [0.29, 0.717) is 12.1 Å². The molecule has 4 heteroatoms. The number of nitrogens with zero attached hydrogens (tertiary/aromatic N) is 1. The van der Waals surface area contributed by atoms with Gasteiger partial charge in [0.05, 0.1) is 6.10 Å². The Morgan fingerprint density at radius 2 is 2.26 bits per heavy atom. The number of aliphatic hydroxyl groups excluding tert-OH is 1. The maximum atomic E-state index is 12.6. The van der Waals surface area contributed by atoms with Crippen molar-refractivity contribution >= 4 is 16.8 Å². The van der Waals surface area contributed by atoms with Crippen molar-refractivity contribution in [3.05, 3.63) is 36.0 Å². The van der Waals surface area contributed by atoms with E-state index >= 15 is 0 Å². The molecule has 19 heavy (non-hydrogen) atoms. The monoisotopic (exact) mass is 258 g/mol. The van der Waals surface area contributed by atoms with Crippen molar-refractivity contribution in [1.29, 1.82) is 0 Å². The van der Waals surface area contributed by atoms with Crippen molar-refractivity contribution in [2.45, 2.75) is 19.4 Å². The highest BCUT2D eigenvalue weighted by Crippen LogP contribution is 2.23. The molecule has 2 unspecified atom stereocenters. The number of β-amino-alcohol motifs (C(OH)–C–C–N with tert-alkyl or cyclic N) is 1. The topological polar surface area (TPSA) is 56.3 Å². The van der Waals surface area contributed by atoms with Gasteiger partial charge in [0, 0.05) is 35.8 Å². The molecule has 0 spiro atoms. The molecule has 0 bridgehead atoms. The maximum absolute atomic E-state index is 12.6. The van der Waals surface area contributed by atoms with Crippen molar-refractivity contribution in [3.8, 4) is 0 Å². The minimum Gasteiger partial charge on any atom is -0.391 e. The van der Waals surface area contributed by atoms with Gasteiger partial charge in [-0.1, -0.05) is 13.0 Å². The largest absolute Gasteiger partial charge is 0.391 e. The van der Waals surface area contributed by atoms with Crippen LogP contribution < -0.4 is 0 Å². The quantitative estimate of drug-likeness (QED) is 0.822. The van der Waals surface area contributed by atoms with Crippen LogP contribution in [-0.4, -0.2) is 40.1 Å². The number of benzene rings is 1. The first-order valence-electron chi connectivity index (χ1n) is 6.70. The highest BCUT2D eigenvalue weighted by molar-refractivity contribution is 6.06. The number of piperidine rings is 1. The maximum Gasteiger partial charge on any atom is 0.254 e. The zero-order chi connectivity index (χ0) is 13.4. The average Bonchev–Trinajstić information content (AvgIpc) is 2.89. The van der Waals surface area contributed by atoms with E-state index in [4.69, 9.17) is 0 Å². The first kappa shape index (κ1) is 12.2. The number of rotatable bonds is 1. The van der Waals surface area contributed by atoms with Gasteiger partial charge >= 0.3 is 0 Å². The number of hydrogen-bond donors (Lipinski definition) is 2. The summed E-state index contributed by atoms with van der Waals surface area (Å²) in [6.45, 7) is 3.18. The molecular formula is C15H18N2O2. The molecule has 1 saturated heterocycles. The molecule has 2 heterocycles. The van der Waals surface area contributed by atoms with Gasteiger partial charge in [-0.3, -0.25) is 4.79 Å². The summed E-state index contributed by atoms with van der Waals surface area (Å²) in [5, 5.41) is 10.9. The van der Waals surface area contributed by atoms with Gasteiger partial charge < -0.3 is 15.0 Å². The highest BCUT2D eigenvalue weighted by Gasteiger charge is 2.28. The van der Waals surface area contributed by atoms with Crippen LogP contribution >= 0.6 is 0 Å². The molecule has 1 aromatic carbocycles. The van der Waals surface area contributed by atoms with Crippen molar-refractivity contribution < 1.29 is 9.90 Å². The summed E-state index contributed by atoms with van der Waals surface area (Å²) in [7, 11) is 0. The average molecular weight is 258 g/mol. The van der Waals surface area contributed by atoms with Gasteiger partial charge in [0.25, 0.3) is 5.91 Å². The Bertz CT molecular complexity index is 605. The van der Waals surface area contributed by atoms with Gasteiger partial charge in [0.15, 0.2) is 0 Å². The second-order valence-corrected chi connectivity index (χ2v) is 5.33. The third-order valence-corrected chi connectivity index (χ3v) is 4.03. The fourth-order valence-electron chi connectivity index (χ4n) is 2.68. The van der Waals surface area contributed by atoms with Gasteiger partial charge in [-0.15, -0.1) is 0 Å². The van der Waals surface area contributed by atoms with Crippen LogP contribution in [0.4, 0.5) is 0 Å². The Morgan fingerprint density at radius 1 is 1.42 bits per heavy atom. The van der Waals surface area contributed by atoms with Gasteiger partial charge in [-0.25, -0.2) is 0 Å². The Labute approximate surface area is 112 Å². The summed E-state index contributed by atoms with van der Waals surface area (Å²) in [5.41, 5.74) is 1.68. The summed E-state index contributed by atoms with van der Waals surface area (Å²) < 4.78 is 0. The molecule has 1 aromatic heterocycles. The summed E-state index contributed by atoms with van der Waals surface area (Å²) >= 11 is 0. The van der Waals surface area contributed by atoms with E-state index in [-0.39, 0.29) is 11.8 Å². The molecule has 3 rings (SSSR count). The molecule has 4 nitrogen and oxygen atoms in total. The molecule has 2 N–H and O–H groups in total. The second-order valence-electron chi connectivity index (χ2n) is 5.33. The Morgan fingerprint density at radius 3 is 3.05 bits per heavy atom. The number of hydrogen-bond acceptors (Lipinski definition) is 2. The molecule has 1 amide bonds. The standard InChI is InChI=1S/C15H18N2O2/c1-10-6-8-17(9-14(10)18)15(19)12-3-2-4-13-11(12)5-7-16-13/h2-5,7,10,14,16,18H,6,8-9H2,1H3. The second kappa shape index (κ2) is 4.70. The molecule has 100 valence electrons. The number of H-pyrrole nitrogens is 1. The molecular weight excluding hydrogens is 240 g/mol. The highest BCUT2D eigenvalue weighted by atomic mass is 16.3. The molecule has 1 aliphatic heterocycles. The van der Waals surface area contributed by atoms with E-state index in [0.717, 1.165) is 23.9 Å². The lowest BCUT2D eigenvalue weighted by Crippen LogP contribution is -2.45. The van der Waals surface area contributed by atoms with E-state index in [9.17, 15) is 9.90 Å². The van der Waals surface area contributed by atoms with Crippen LogP contribution in [0.5, 0.6) is 0 Å². The normalized spacial score (nSPS) is 23.8. The number of nitrogens with one attached hydrogen (secondary N) is 1. The Balaban J connectivity index is 1.90. The third kappa shape index (κ3) is 2.12. The number of fused-ring (bicyclic) bond motifs is 1. The number of aromatic nitrogens is 1. The fraction of sp³-hybridized carbons (Fsp3) is 0.400. The van der Waals surface area contributed by atoms with E-state index in [1.54, 1.807) is 4.90 Å². The number of amides is 1. The lowest BCUT2D eigenvalue weighted by molar-refractivity contribution is 0.0250. The number of carbonyl (C=O) groups is 1. The predicted octanol–water partition coefficient (Wildman–Crippen LogP) is 2.01. The Hall–Kier alpha value is -1.81. The first-order valence-corrected chi connectivity index (χ1v) is 6.70. The Kier molecular flexibility index (Phi) is 3.03. The predicted molar refractivity (Wildman–Crippen MR) is 74.0 cm³/mol. The number of aromatic amines is 1. The summed E-state index contributed by atoms with van der Waals surface area (Å²) in [6.07, 6.45) is 2.29. The van der Waals surface area contributed by atoms with E-state index < -0.39 is 6.10 Å². The van der Waals surface area contributed by atoms with Crippen LogP contribution in [0.25, 0.3) is 10.9 Å². The summed E-state index contributed by atoms with van der Waals surface area (Å²) in [5.74, 6) is 0.281.